The van der Waals surface area contributed by atoms with Crippen LogP contribution in [0.25, 0.3) is 0 Å². The van der Waals surface area contributed by atoms with Crippen LogP contribution in [0.4, 0.5) is 0 Å². The zero-order valence-corrected chi connectivity index (χ0v) is 11.4. The summed E-state index contributed by atoms with van der Waals surface area (Å²) in [5.41, 5.74) is 0. The topological polar surface area (TPSA) is 42.3 Å². The highest BCUT2D eigenvalue weighted by Crippen LogP contribution is 2.17. The predicted molar refractivity (Wildman–Crippen MR) is 70.8 cm³/mol. The number of piperidine rings is 1. The number of hydrogen-bond acceptors (Lipinski definition) is 4. The number of nitrogens with zero attached hydrogens (tertiary/aromatic N) is 3. The van der Waals surface area contributed by atoms with Crippen LogP contribution in [0.5, 0.6) is 0 Å². The number of nitriles is 1. The van der Waals surface area contributed by atoms with Crippen molar-refractivity contribution >= 4 is 0 Å². The molecule has 1 fully saturated rings. The first kappa shape index (κ1) is 14.4. The van der Waals surface area contributed by atoms with Gasteiger partial charge in [-0.3, -0.25) is 0 Å². The molecule has 0 aromatic rings. The molecule has 0 aromatic heterocycles. The van der Waals surface area contributed by atoms with Crippen molar-refractivity contribution < 1.29 is 0 Å². The van der Waals surface area contributed by atoms with E-state index < -0.39 is 0 Å². The van der Waals surface area contributed by atoms with Crippen molar-refractivity contribution in [1.82, 2.24) is 15.1 Å². The fourth-order valence-corrected chi connectivity index (χ4v) is 2.52. The standard InChI is InChI=1S/C13H26N4/c1-4-15-13(9-14)11-17-7-5-12(6-8-17)10-16(2)3/h12-13,15H,4-8,10-11H2,1-3H3. The van der Waals surface area contributed by atoms with Gasteiger partial charge in [-0.05, 0) is 52.5 Å². The van der Waals surface area contributed by atoms with Crippen molar-refractivity contribution in [3.05, 3.63) is 0 Å². The molecule has 1 heterocycles. The highest BCUT2D eigenvalue weighted by Gasteiger charge is 2.21. The van der Waals surface area contributed by atoms with Gasteiger partial charge in [-0.1, -0.05) is 6.92 Å². The molecule has 0 radical (unpaired) electrons. The molecule has 1 unspecified atom stereocenters. The lowest BCUT2D eigenvalue weighted by Crippen LogP contribution is -2.44. The summed E-state index contributed by atoms with van der Waals surface area (Å²) >= 11 is 0. The molecule has 1 saturated heterocycles. The van der Waals surface area contributed by atoms with Gasteiger partial charge in [0.15, 0.2) is 0 Å². The zero-order chi connectivity index (χ0) is 12.7. The minimum atomic E-state index is -0.00889. The first-order valence-electron chi connectivity index (χ1n) is 6.65. The van der Waals surface area contributed by atoms with E-state index in [1.54, 1.807) is 0 Å². The fourth-order valence-electron chi connectivity index (χ4n) is 2.52. The van der Waals surface area contributed by atoms with Crippen LogP contribution in [0.15, 0.2) is 0 Å². The molecule has 4 heteroatoms. The molecule has 17 heavy (non-hydrogen) atoms. The monoisotopic (exact) mass is 238 g/mol. The van der Waals surface area contributed by atoms with Gasteiger partial charge in [0, 0.05) is 13.1 Å². The van der Waals surface area contributed by atoms with Crippen molar-refractivity contribution in [3.63, 3.8) is 0 Å². The van der Waals surface area contributed by atoms with Crippen LogP contribution in [0.1, 0.15) is 19.8 Å². The molecule has 0 spiro atoms. The van der Waals surface area contributed by atoms with Crippen molar-refractivity contribution in [2.24, 2.45) is 5.92 Å². The van der Waals surface area contributed by atoms with Gasteiger partial charge in [0.2, 0.25) is 0 Å². The van der Waals surface area contributed by atoms with Gasteiger partial charge in [0.25, 0.3) is 0 Å². The summed E-state index contributed by atoms with van der Waals surface area (Å²) < 4.78 is 0. The van der Waals surface area contributed by atoms with Gasteiger partial charge >= 0.3 is 0 Å². The second-order valence-electron chi connectivity index (χ2n) is 5.25. The van der Waals surface area contributed by atoms with Gasteiger partial charge < -0.3 is 15.1 Å². The van der Waals surface area contributed by atoms with Crippen molar-refractivity contribution in [3.8, 4) is 6.07 Å². The van der Waals surface area contributed by atoms with Crippen molar-refractivity contribution in [2.75, 3.05) is 46.8 Å². The third-order valence-corrected chi connectivity index (χ3v) is 3.38. The van der Waals surface area contributed by atoms with E-state index in [0.29, 0.717) is 0 Å². The molecule has 1 N–H and O–H groups in total. The quantitative estimate of drug-likeness (QED) is 0.742. The highest BCUT2D eigenvalue weighted by molar-refractivity contribution is 4.92. The maximum absolute atomic E-state index is 9.01. The molecule has 0 aliphatic carbocycles. The summed E-state index contributed by atoms with van der Waals surface area (Å²) in [7, 11) is 4.28. The summed E-state index contributed by atoms with van der Waals surface area (Å²) in [5, 5.41) is 12.2. The average molecular weight is 238 g/mol. The highest BCUT2D eigenvalue weighted by atomic mass is 15.2. The first-order valence-corrected chi connectivity index (χ1v) is 6.65. The van der Waals surface area contributed by atoms with E-state index in [-0.39, 0.29) is 6.04 Å². The number of likely N-dealkylation sites (N-methyl/N-ethyl adjacent to an activating group) is 1. The number of likely N-dealkylation sites (tertiary alicyclic amines) is 1. The van der Waals surface area contributed by atoms with E-state index in [2.05, 4.69) is 35.3 Å². The second-order valence-corrected chi connectivity index (χ2v) is 5.25. The van der Waals surface area contributed by atoms with Gasteiger partial charge in [-0.2, -0.15) is 5.26 Å². The molecule has 4 nitrogen and oxygen atoms in total. The third-order valence-electron chi connectivity index (χ3n) is 3.38. The van der Waals surface area contributed by atoms with Crippen LogP contribution >= 0.6 is 0 Å². The van der Waals surface area contributed by atoms with E-state index >= 15 is 0 Å². The van der Waals surface area contributed by atoms with Crippen LogP contribution in [-0.2, 0) is 0 Å². The van der Waals surface area contributed by atoms with Crippen LogP contribution in [-0.4, -0.2) is 62.7 Å². The second kappa shape index (κ2) is 7.65. The molecule has 0 amide bonds. The maximum atomic E-state index is 9.01. The molecule has 1 rings (SSSR count). The Labute approximate surface area is 106 Å². The Morgan fingerprint density at radius 2 is 2.06 bits per heavy atom. The summed E-state index contributed by atoms with van der Waals surface area (Å²) in [6.07, 6.45) is 2.53. The lowest BCUT2D eigenvalue weighted by molar-refractivity contribution is 0.157. The van der Waals surface area contributed by atoms with Crippen molar-refractivity contribution in [1.29, 1.82) is 5.26 Å². The molecule has 0 aromatic carbocycles. The molecule has 1 atom stereocenters. The zero-order valence-electron chi connectivity index (χ0n) is 11.4. The van der Waals surface area contributed by atoms with Gasteiger partial charge in [-0.15, -0.1) is 0 Å². The first-order chi connectivity index (χ1) is 8.15. The molecule has 1 aliphatic rings. The molecular formula is C13H26N4. The molecule has 0 bridgehead atoms. The smallest absolute Gasteiger partial charge is 0.108 e. The minimum Gasteiger partial charge on any atom is -0.309 e. The Morgan fingerprint density at radius 3 is 2.53 bits per heavy atom. The summed E-state index contributed by atoms with van der Waals surface area (Å²) in [6, 6.07) is 2.32. The molecule has 0 saturated carbocycles. The predicted octanol–water partition coefficient (Wildman–Crippen LogP) is 0.762. The van der Waals surface area contributed by atoms with E-state index in [0.717, 1.165) is 32.1 Å². The van der Waals surface area contributed by atoms with Gasteiger partial charge in [-0.25, -0.2) is 0 Å². The van der Waals surface area contributed by atoms with Gasteiger partial charge in [0.1, 0.15) is 6.04 Å². The molecule has 98 valence electrons. The number of nitrogens with one attached hydrogen (secondary N) is 1. The fraction of sp³-hybridized carbons (Fsp3) is 0.923. The van der Waals surface area contributed by atoms with Crippen molar-refractivity contribution in [2.45, 2.75) is 25.8 Å². The Balaban J connectivity index is 2.25. The largest absolute Gasteiger partial charge is 0.309 e. The average Bonchev–Trinajstić information content (AvgIpc) is 2.30. The summed E-state index contributed by atoms with van der Waals surface area (Å²) in [5.74, 6) is 0.834. The van der Waals surface area contributed by atoms with E-state index in [1.807, 2.05) is 6.92 Å². The van der Waals surface area contributed by atoms with Gasteiger partial charge in [0.05, 0.1) is 6.07 Å². The molecule has 1 aliphatic heterocycles. The maximum Gasteiger partial charge on any atom is 0.108 e. The lowest BCUT2D eigenvalue weighted by atomic mass is 9.96. The Morgan fingerprint density at radius 1 is 1.41 bits per heavy atom. The van der Waals surface area contributed by atoms with E-state index in [1.165, 1.54) is 19.4 Å². The third kappa shape index (κ3) is 5.49. The van der Waals surface area contributed by atoms with Crippen LogP contribution in [0.2, 0.25) is 0 Å². The van der Waals surface area contributed by atoms with Crippen LogP contribution in [0, 0.1) is 17.2 Å². The SMILES string of the molecule is CCNC(C#N)CN1CCC(CN(C)C)CC1. The Kier molecular flexibility index (Phi) is 6.49. The Hall–Kier alpha value is -0.630. The van der Waals surface area contributed by atoms with E-state index in [4.69, 9.17) is 5.26 Å². The lowest BCUT2D eigenvalue weighted by Gasteiger charge is -2.34. The number of hydrogen-bond donors (Lipinski definition) is 1. The van der Waals surface area contributed by atoms with Crippen LogP contribution in [0.3, 0.4) is 0 Å². The Bertz CT molecular complexity index is 238. The minimum absolute atomic E-state index is 0.00889. The van der Waals surface area contributed by atoms with Crippen LogP contribution < -0.4 is 5.32 Å². The normalized spacial score (nSPS) is 20.4. The summed E-state index contributed by atoms with van der Waals surface area (Å²) in [4.78, 5) is 4.69. The van der Waals surface area contributed by atoms with E-state index in [9.17, 15) is 0 Å². The number of rotatable bonds is 6. The molecular weight excluding hydrogens is 212 g/mol. The summed E-state index contributed by atoms with van der Waals surface area (Å²) in [6.45, 7) is 7.27.